The van der Waals surface area contributed by atoms with Gasteiger partial charge in [-0.1, -0.05) is 42.0 Å². The van der Waals surface area contributed by atoms with Crippen molar-refractivity contribution in [3.05, 3.63) is 77.7 Å². The van der Waals surface area contributed by atoms with E-state index in [0.717, 1.165) is 28.0 Å². The number of aryl methyl sites for hydroxylation is 1. The van der Waals surface area contributed by atoms with Crippen LogP contribution in [0.4, 0.5) is 11.4 Å². The molecule has 0 aliphatic heterocycles. The lowest BCUT2D eigenvalue weighted by Crippen LogP contribution is -1.94. The summed E-state index contributed by atoms with van der Waals surface area (Å²) in [7, 11) is 0. The van der Waals surface area contributed by atoms with Crippen LogP contribution in [0.5, 0.6) is 0 Å². The van der Waals surface area contributed by atoms with Crippen molar-refractivity contribution in [2.45, 2.75) is 6.92 Å². The summed E-state index contributed by atoms with van der Waals surface area (Å²) in [6.45, 7) is 2.10. The average molecular weight is 353 g/mol. The maximum absolute atomic E-state index is 4.80. The number of benzene rings is 2. The van der Waals surface area contributed by atoms with E-state index in [1.165, 1.54) is 10.4 Å². The van der Waals surface area contributed by atoms with E-state index in [1.54, 1.807) is 11.3 Å². The molecule has 0 aliphatic carbocycles. The van der Waals surface area contributed by atoms with Crippen LogP contribution in [0.1, 0.15) is 5.56 Å². The molecule has 4 aromatic rings. The smallest absolute Gasteiger partial charge is 0.0830 e. The molecule has 4 heteroatoms. The van der Waals surface area contributed by atoms with E-state index in [-0.39, 0.29) is 12.4 Å². The molecule has 2 aromatic carbocycles. The molecule has 2 aromatic heterocycles. The molecule has 0 radical (unpaired) electrons. The van der Waals surface area contributed by atoms with Crippen LogP contribution >= 0.6 is 23.7 Å². The first-order valence-electron chi connectivity index (χ1n) is 7.57. The van der Waals surface area contributed by atoms with Gasteiger partial charge in [0.25, 0.3) is 0 Å². The van der Waals surface area contributed by atoms with Gasteiger partial charge in [0.15, 0.2) is 0 Å². The van der Waals surface area contributed by atoms with E-state index >= 15 is 0 Å². The molecule has 120 valence electrons. The van der Waals surface area contributed by atoms with Crippen molar-refractivity contribution in [1.82, 2.24) is 4.98 Å². The van der Waals surface area contributed by atoms with Crippen LogP contribution < -0.4 is 5.32 Å². The van der Waals surface area contributed by atoms with Crippen molar-refractivity contribution in [3.63, 3.8) is 0 Å². The summed E-state index contributed by atoms with van der Waals surface area (Å²) >= 11 is 1.71. The number of nitrogens with one attached hydrogen (secondary N) is 1. The summed E-state index contributed by atoms with van der Waals surface area (Å²) in [5.74, 6) is 0. The first-order chi connectivity index (χ1) is 11.3. The Morgan fingerprint density at radius 2 is 1.71 bits per heavy atom. The fraction of sp³-hybridized carbons (Fsp3) is 0.0500. The fourth-order valence-electron chi connectivity index (χ4n) is 2.62. The number of pyridine rings is 1. The van der Waals surface area contributed by atoms with Crippen molar-refractivity contribution in [2.75, 3.05) is 5.32 Å². The zero-order chi connectivity index (χ0) is 15.6. The Balaban J connectivity index is 0.00000169. The van der Waals surface area contributed by atoms with Gasteiger partial charge < -0.3 is 5.32 Å². The second kappa shape index (κ2) is 7.04. The molecule has 24 heavy (non-hydrogen) atoms. The quantitative estimate of drug-likeness (QED) is 0.459. The van der Waals surface area contributed by atoms with Crippen LogP contribution in [0, 0.1) is 6.92 Å². The van der Waals surface area contributed by atoms with Crippen molar-refractivity contribution < 1.29 is 0 Å². The summed E-state index contributed by atoms with van der Waals surface area (Å²) in [6, 6.07) is 23.0. The molecule has 1 N–H and O–H groups in total. The van der Waals surface area contributed by atoms with E-state index < -0.39 is 0 Å². The van der Waals surface area contributed by atoms with Crippen molar-refractivity contribution >= 4 is 46.0 Å². The minimum atomic E-state index is 0. The van der Waals surface area contributed by atoms with Gasteiger partial charge in [-0.05, 0) is 42.6 Å². The van der Waals surface area contributed by atoms with Crippen LogP contribution in [-0.4, -0.2) is 4.98 Å². The molecule has 0 bridgehead atoms. The van der Waals surface area contributed by atoms with Gasteiger partial charge in [0, 0.05) is 11.1 Å². The fourth-order valence-corrected chi connectivity index (χ4v) is 3.31. The summed E-state index contributed by atoms with van der Waals surface area (Å²) in [5.41, 5.74) is 5.45. The lowest BCUT2D eigenvalue weighted by Gasteiger charge is -2.12. The van der Waals surface area contributed by atoms with Crippen LogP contribution in [0.3, 0.4) is 0 Å². The Kier molecular flexibility index (Phi) is 4.84. The molecule has 0 fully saturated rings. The Labute approximate surface area is 151 Å². The highest BCUT2D eigenvalue weighted by atomic mass is 35.5. The molecular formula is C20H17ClN2S. The Hall–Kier alpha value is -2.36. The van der Waals surface area contributed by atoms with Gasteiger partial charge in [-0.15, -0.1) is 23.7 Å². The Morgan fingerprint density at radius 3 is 2.46 bits per heavy atom. The Bertz CT molecular complexity index is 947. The zero-order valence-corrected chi connectivity index (χ0v) is 14.8. The van der Waals surface area contributed by atoms with Gasteiger partial charge in [0.05, 0.1) is 21.8 Å². The second-order valence-corrected chi connectivity index (χ2v) is 6.49. The third-order valence-corrected chi connectivity index (χ3v) is 4.71. The zero-order valence-electron chi connectivity index (χ0n) is 13.2. The number of hydrogen-bond donors (Lipinski definition) is 1. The number of aromatic nitrogens is 1. The van der Waals surface area contributed by atoms with Crippen LogP contribution in [0.15, 0.2) is 72.1 Å². The van der Waals surface area contributed by atoms with Gasteiger partial charge in [-0.25, -0.2) is 4.98 Å². The molecule has 0 spiro atoms. The molecule has 0 atom stereocenters. The number of para-hydroxylation sites is 1. The highest BCUT2D eigenvalue weighted by Gasteiger charge is 2.08. The summed E-state index contributed by atoms with van der Waals surface area (Å²) in [6.07, 6.45) is 0. The van der Waals surface area contributed by atoms with Gasteiger partial charge in [0.1, 0.15) is 0 Å². The highest BCUT2D eigenvalue weighted by Crippen LogP contribution is 2.32. The molecule has 0 amide bonds. The largest absolute Gasteiger partial charge is 0.355 e. The predicted molar refractivity (Wildman–Crippen MR) is 107 cm³/mol. The minimum absolute atomic E-state index is 0. The van der Waals surface area contributed by atoms with Gasteiger partial charge in [-0.3, -0.25) is 0 Å². The number of nitrogens with zero attached hydrogens (tertiary/aromatic N) is 1. The maximum atomic E-state index is 4.80. The SMILES string of the molecule is Cc1ccc(Nc2cc(-c3cccs3)nc3ccccc23)cc1.Cl. The molecule has 2 nitrogen and oxygen atoms in total. The van der Waals surface area contributed by atoms with Crippen molar-refractivity contribution in [3.8, 4) is 10.6 Å². The average Bonchev–Trinajstić information content (AvgIpc) is 3.11. The second-order valence-electron chi connectivity index (χ2n) is 5.54. The number of halogens is 1. The summed E-state index contributed by atoms with van der Waals surface area (Å²) in [4.78, 5) is 5.99. The first kappa shape index (κ1) is 16.5. The molecule has 0 saturated carbocycles. The summed E-state index contributed by atoms with van der Waals surface area (Å²) in [5, 5.41) is 6.76. The highest BCUT2D eigenvalue weighted by molar-refractivity contribution is 7.13. The summed E-state index contributed by atoms with van der Waals surface area (Å²) < 4.78 is 0. The van der Waals surface area contributed by atoms with E-state index in [4.69, 9.17) is 4.98 Å². The molecule has 0 unspecified atom stereocenters. The van der Waals surface area contributed by atoms with E-state index in [0.29, 0.717) is 0 Å². The van der Waals surface area contributed by atoms with E-state index in [2.05, 4.69) is 78.3 Å². The van der Waals surface area contributed by atoms with E-state index in [9.17, 15) is 0 Å². The topological polar surface area (TPSA) is 24.9 Å². The molecule has 0 aliphatic rings. The molecule has 2 heterocycles. The van der Waals surface area contributed by atoms with Crippen molar-refractivity contribution in [1.29, 1.82) is 0 Å². The van der Waals surface area contributed by atoms with Gasteiger partial charge >= 0.3 is 0 Å². The number of hydrogen-bond acceptors (Lipinski definition) is 3. The maximum Gasteiger partial charge on any atom is 0.0830 e. The minimum Gasteiger partial charge on any atom is -0.355 e. The monoisotopic (exact) mass is 352 g/mol. The standard InChI is InChI=1S/C20H16N2S.ClH/c1-14-8-10-15(11-9-14)21-18-13-19(20-7-4-12-23-20)22-17-6-3-2-5-16(17)18;/h2-13H,1H3,(H,21,22);1H. The van der Waals surface area contributed by atoms with E-state index in [1.807, 2.05) is 6.07 Å². The third kappa shape index (κ3) is 3.28. The molecule has 4 rings (SSSR count). The lowest BCUT2D eigenvalue weighted by atomic mass is 10.1. The number of anilines is 2. The molecule has 0 saturated heterocycles. The van der Waals surface area contributed by atoms with Crippen LogP contribution in [0.2, 0.25) is 0 Å². The number of fused-ring (bicyclic) bond motifs is 1. The first-order valence-corrected chi connectivity index (χ1v) is 8.45. The van der Waals surface area contributed by atoms with Gasteiger partial charge in [0.2, 0.25) is 0 Å². The Morgan fingerprint density at radius 1 is 0.917 bits per heavy atom. The third-order valence-electron chi connectivity index (χ3n) is 3.82. The predicted octanol–water partition coefficient (Wildman–Crippen LogP) is 6.44. The van der Waals surface area contributed by atoms with Crippen molar-refractivity contribution in [2.24, 2.45) is 0 Å². The lowest BCUT2D eigenvalue weighted by molar-refractivity contribution is 1.41. The molecular weight excluding hydrogens is 336 g/mol. The number of rotatable bonds is 3. The number of thiophene rings is 1. The van der Waals surface area contributed by atoms with Crippen LogP contribution in [-0.2, 0) is 0 Å². The van der Waals surface area contributed by atoms with Gasteiger partial charge in [-0.2, -0.15) is 0 Å². The van der Waals surface area contributed by atoms with Crippen LogP contribution in [0.25, 0.3) is 21.5 Å². The normalized spacial score (nSPS) is 10.4.